The van der Waals surface area contributed by atoms with E-state index in [1.807, 2.05) is 0 Å². The van der Waals surface area contributed by atoms with E-state index in [2.05, 4.69) is 5.32 Å². The number of carbonyl (C=O) groups is 3. The number of urea groups is 1. The lowest BCUT2D eigenvalue weighted by Crippen LogP contribution is -2.54. The van der Waals surface area contributed by atoms with Gasteiger partial charge in [0.2, 0.25) is 0 Å². The normalized spacial score (nSPS) is 14.8. The van der Waals surface area contributed by atoms with Gasteiger partial charge in [-0.15, -0.1) is 0 Å². The Morgan fingerprint density at radius 2 is 1.65 bits per heavy atom. The molecule has 0 bridgehead atoms. The fourth-order valence-corrected chi connectivity index (χ4v) is 3.34. The first-order valence-corrected chi connectivity index (χ1v) is 9.80. The monoisotopic (exact) mass is 463 g/mol. The van der Waals surface area contributed by atoms with E-state index in [4.69, 9.17) is 13.9 Å². The van der Waals surface area contributed by atoms with Gasteiger partial charge in [0.1, 0.15) is 28.6 Å². The summed E-state index contributed by atoms with van der Waals surface area (Å²) in [5, 5.41) is 13.6. The Morgan fingerprint density at radius 3 is 2.29 bits per heavy atom. The third-order valence-corrected chi connectivity index (χ3v) is 5.01. The zero-order valence-electron chi connectivity index (χ0n) is 17.9. The largest absolute Gasteiger partial charge is 0.497 e. The van der Waals surface area contributed by atoms with Crippen molar-refractivity contribution >= 4 is 35.3 Å². The molecule has 0 radical (unpaired) electrons. The molecule has 1 aliphatic rings. The molecule has 1 fully saturated rings. The Morgan fingerprint density at radius 1 is 0.971 bits per heavy atom. The summed E-state index contributed by atoms with van der Waals surface area (Å²) < 4.78 is 15.8. The Labute approximate surface area is 192 Å². The van der Waals surface area contributed by atoms with Gasteiger partial charge in [-0.05, 0) is 54.6 Å². The van der Waals surface area contributed by atoms with Crippen molar-refractivity contribution in [2.45, 2.75) is 0 Å². The molecule has 1 N–H and O–H groups in total. The predicted octanol–water partition coefficient (Wildman–Crippen LogP) is 3.54. The summed E-state index contributed by atoms with van der Waals surface area (Å²) in [5.41, 5.74) is -0.170. The SMILES string of the molecule is COc1ccc(N2C(=O)NC(=O)/C(=C\c3ccc(-c4ccc(OC)cc4[N+](=O)[O-])o3)C2=O)cc1. The molecule has 0 atom stereocenters. The minimum atomic E-state index is -0.897. The number of benzene rings is 2. The summed E-state index contributed by atoms with van der Waals surface area (Å²) >= 11 is 0. The molecule has 11 nitrogen and oxygen atoms in total. The maximum Gasteiger partial charge on any atom is 0.335 e. The number of hydrogen-bond donors (Lipinski definition) is 1. The predicted molar refractivity (Wildman–Crippen MR) is 119 cm³/mol. The van der Waals surface area contributed by atoms with Gasteiger partial charge < -0.3 is 13.9 Å². The van der Waals surface area contributed by atoms with Gasteiger partial charge in [-0.2, -0.15) is 0 Å². The number of rotatable bonds is 6. The number of hydrogen-bond acceptors (Lipinski definition) is 8. The minimum Gasteiger partial charge on any atom is -0.497 e. The quantitative estimate of drug-likeness (QED) is 0.253. The van der Waals surface area contributed by atoms with E-state index in [9.17, 15) is 24.5 Å². The summed E-state index contributed by atoms with van der Waals surface area (Å²) in [4.78, 5) is 49.4. The summed E-state index contributed by atoms with van der Waals surface area (Å²) in [6, 6.07) is 12.4. The summed E-state index contributed by atoms with van der Waals surface area (Å²) in [6.45, 7) is 0. The van der Waals surface area contributed by atoms with E-state index >= 15 is 0 Å². The van der Waals surface area contributed by atoms with Crippen molar-refractivity contribution in [1.82, 2.24) is 5.32 Å². The van der Waals surface area contributed by atoms with E-state index in [-0.39, 0.29) is 34.0 Å². The number of nitrogens with one attached hydrogen (secondary N) is 1. The molecular weight excluding hydrogens is 446 g/mol. The van der Waals surface area contributed by atoms with Crippen molar-refractivity contribution in [2.24, 2.45) is 0 Å². The van der Waals surface area contributed by atoms with E-state index in [1.54, 1.807) is 18.2 Å². The van der Waals surface area contributed by atoms with Crippen LogP contribution >= 0.6 is 0 Å². The summed E-state index contributed by atoms with van der Waals surface area (Å²) in [6.07, 6.45) is 1.17. The fourth-order valence-electron chi connectivity index (χ4n) is 3.34. The van der Waals surface area contributed by atoms with Crippen LogP contribution in [0.1, 0.15) is 5.76 Å². The second-order valence-electron chi connectivity index (χ2n) is 7.00. The number of anilines is 1. The lowest BCUT2D eigenvalue weighted by molar-refractivity contribution is -0.384. The highest BCUT2D eigenvalue weighted by atomic mass is 16.6. The van der Waals surface area contributed by atoms with Gasteiger partial charge in [-0.1, -0.05) is 0 Å². The van der Waals surface area contributed by atoms with Crippen molar-refractivity contribution in [3.63, 3.8) is 0 Å². The standard InChI is InChI=1S/C23H17N3O8/c1-32-14-5-3-13(4-6-14)25-22(28)18(21(27)24-23(25)29)11-16-8-10-20(34-16)17-9-7-15(33-2)12-19(17)26(30)31/h3-12H,1-2H3,(H,24,27,29)/b18-11+. The highest BCUT2D eigenvalue weighted by Gasteiger charge is 2.37. The molecule has 1 saturated heterocycles. The number of barbiturate groups is 1. The van der Waals surface area contributed by atoms with Gasteiger partial charge in [0.05, 0.1) is 36.5 Å². The smallest absolute Gasteiger partial charge is 0.335 e. The van der Waals surface area contributed by atoms with Crippen molar-refractivity contribution in [3.05, 3.63) is 76.0 Å². The molecule has 0 unspecified atom stereocenters. The molecular formula is C23H17N3O8. The van der Waals surface area contributed by atoms with Crippen LogP contribution in [-0.4, -0.2) is 37.0 Å². The van der Waals surface area contributed by atoms with Crippen LogP contribution in [0.15, 0.2) is 64.6 Å². The average molecular weight is 463 g/mol. The molecule has 2 aromatic carbocycles. The Kier molecular flexibility index (Phi) is 5.83. The van der Waals surface area contributed by atoms with Gasteiger partial charge in [0.25, 0.3) is 17.5 Å². The van der Waals surface area contributed by atoms with Gasteiger partial charge in [-0.25, -0.2) is 9.69 Å². The fraction of sp³-hybridized carbons (Fsp3) is 0.0870. The first-order valence-electron chi connectivity index (χ1n) is 9.80. The number of carbonyl (C=O) groups excluding carboxylic acids is 3. The molecule has 1 aromatic heterocycles. The van der Waals surface area contributed by atoms with E-state index < -0.39 is 22.8 Å². The van der Waals surface area contributed by atoms with E-state index in [0.29, 0.717) is 11.5 Å². The number of methoxy groups -OCH3 is 2. The zero-order chi connectivity index (χ0) is 24.4. The number of nitro benzene ring substituents is 1. The number of furan rings is 1. The highest BCUT2D eigenvalue weighted by molar-refractivity contribution is 6.39. The third-order valence-electron chi connectivity index (χ3n) is 5.01. The Hall–Kier alpha value is -4.93. The highest BCUT2D eigenvalue weighted by Crippen LogP contribution is 2.34. The maximum atomic E-state index is 13.0. The lowest BCUT2D eigenvalue weighted by atomic mass is 10.1. The van der Waals surface area contributed by atoms with Crippen molar-refractivity contribution < 1.29 is 33.2 Å². The Balaban J connectivity index is 1.68. The van der Waals surface area contributed by atoms with Crippen molar-refractivity contribution in [1.29, 1.82) is 0 Å². The minimum absolute atomic E-state index is 0.0858. The van der Waals surface area contributed by atoms with Gasteiger partial charge in [-0.3, -0.25) is 25.0 Å². The first kappa shape index (κ1) is 22.3. The van der Waals surface area contributed by atoms with Crippen LogP contribution in [0, 0.1) is 10.1 Å². The van der Waals surface area contributed by atoms with Crippen LogP contribution in [0.3, 0.4) is 0 Å². The molecule has 172 valence electrons. The van der Waals surface area contributed by atoms with Crippen LogP contribution in [0.4, 0.5) is 16.2 Å². The summed E-state index contributed by atoms with van der Waals surface area (Å²) in [5.74, 6) is -0.690. The lowest BCUT2D eigenvalue weighted by Gasteiger charge is -2.26. The molecule has 1 aliphatic heterocycles. The topological polar surface area (TPSA) is 141 Å². The van der Waals surface area contributed by atoms with Gasteiger partial charge >= 0.3 is 6.03 Å². The van der Waals surface area contributed by atoms with Crippen LogP contribution in [0.2, 0.25) is 0 Å². The molecule has 0 spiro atoms. The Bertz CT molecular complexity index is 1340. The molecule has 11 heteroatoms. The van der Waals surface area contributed by atoms with Crippen LogP contribution in [0.5, 0.6) is 11.5 Å². The second kappa shape index (κ2) is 8.90. The number of nitrogens with zero attached hydrogens (tertiary/aromatic N) is 2. The molecule has 4 rings (SSSR count). The van der Waals surface area contributed by atoms with Crippen molar-refractivity contribution in [3.8, 4) is 22.8 Å². The first-order chi connectivity index (χ1) is 16.3. The second-order valence-corrected chi connectivity index (χ2v) is 7.00. The molecule has 4 amide bonds. The van der Waals surface area contributed by atoms with Crippen molar-refractivity contribution in [2.75, 3.05) is 19.1 Å². The number of amides is 4. The van der Waals surface area contributed by atoms with Gasteiger partial charge in [0, 0.05) is 0 Å². The molecule has 3 aromatic rings. The zero-order valence-corrected chi connectivity index (χ0v) is 17.9. The third kappa shape index (κ3) is 4.09. The molecule has 34 heavy (non-hydrogen) atoms. The number of imide groups is 2. The average Bonchev–Trinajstić information content (AvgIpc) is 3.30. The van der Waals surface area contributed by atoms with Crippen LogP contribution in [0.25, 0.3) is 17.4 Å². The molecule has 0 aliphatic carbocycles. The van der Waals surface area contributed by atoms with E-state index in [0.717, 1.165) is 4.90 Å². The van der Waals surface area contributed by atoms with Crippen LogP contribution < -0.4 is 19.7 Å². The number of ether oxygens (including phenoxy) is 2. The van der Waals surface area contributed by atoms with Crippen LogP contribution in [-0.2, 0) is 9.59 Å². The molecule has 2 heterocycles. The van der Waals surface area contributed by atoms with Gasteiger partial charge in [0.15, 0.2) is 0 Å². The summed E-state index contributed by atoms with van der Waals surface area (Å²) in [7, 11) is 2.87. The van der Waals surface area contributed by atoms with E-state index in [1.165, 1.54) is 56.7 Å². The molecule has 0 saturated carbocycles. The maximum absolute atomic E-state index is 13.0. The number of nitro groups is 1.